The van der Waals surface area contributed by atoms with Crippen LogP contribution in [0.15, 0.2) is 18.2 Å². The van der Waals surface area contributed by atoms with Gasteiger partial charge in [0.15, 0.2) is 0 Å². The minimum Gasteiger partial charge on any atom is -0.465 e. The number of halogens is 1. The lowest BCUT2D eigenvalue weighted by atomic mass is 10.1. The first kappa shape index (κ1) is 16.1. The third-order valence-corrected chi connectivity index (χ3v) is 2.71. The topological polar surface area (TPSA) is 67.4 Å². The van der Waals surface area contributed by atoms with Crippen LogP contribution in [0.25, 0.3) is 0 Å². The van der Waals surface area contributed by atoms with Gasteiger partial charge in [-0.1, -0.05) is 6.92 Å². The minimum absolute atomic E-state index is 0.00282. The van der Waals surface area contributed by atoms with Crippen LogP contribution in [-0.4, -0.2) is 31.6 Å². The molecule has 0 aliphatic rings. The molecule has 0 fully saturated rings. The van der Waals surface area contributed by atoms with Gasteiger partial charge in [0.2, 0.25) is 5.91 Å². The highest BCUT2D eigenvalue weighted by Crippen LogP contribution is 2.18. The summed E-state index contributed by atoms with van der Waals surface area (Å²) in [6.07, 6.45) is 0.256. The largest absolute Gasteiger partial charge is 0.465 e. The lowest BCUT2D eigenvalue weighted by molar-refractivity contribution is -0.116. The first-order chi connectivity index (χ1) is 9.47. The van der Waals surface area contributed by atoms with Crippen LogP contribution in [0.4, 0.5) is 10.1 Å². The molecule has 1 aromatic carbocycles. The van der Waals surface area contributed by atoms with Crippen LogP contribution in [0.5, 0.6) is 0 Å². The number of amides is 1. The number of hydrogen-bond donors (Lipinski definition) is 2. The quantitative estimate of drug-likeness (QED) is 0.782. The maximum atomic E-state index is 13.2. The summed E-state index contributed by atoms with van der Waals surface area (Å²) >= 11 is 0. The van der Waals surface area contributed by atoms with Crippen molar-refractivity contribution in [2.24, 2.45) is 0 Å². The van der Waals surface area contributed by atoms with Gasteiger partial charge in [-0.15, -0.1) is 0 Å². The first-order valence-corrected chi connectivity index (χ1v) is 6.39. The summed E-state index contributed by atoms with van der Waals surface area (Å²) in [5, 5.41) is 5.70. The van der Waals surface area contributed by atoms with Crippen LogP contribution in [0, 0.1) is 5.82 Å². The zero-order valence-corrected chi connectivity index (χ0v) is 11.8. The second-order valence-electron chi connectivity index (χ2n) is 4.39. The summed E-state index contributed by atoms with van der Waals surface area (Å²) < 4.78 is 17.7. The molecule has 1 aromatic rings. The molecule has 0 aromatic heterocycles. The SMILES string of the molecule is CCNC(C)CC(=O)Nc1ccc(F)cc1C(=O)OC. The molecule has 6 heteroatoms. The van der Waals surface area contributed by atoms with E-state index in [-0.39, 0.29) is 29.6 Å². The Morgan fingerprint density at radius 1 is 1.40 bits per heavy atom. The van der Waals surface area contributed by atoms with Crippen LogP contribution in [0.1, 0.15) is 30.6 Å². The number of ether oxygens (including phenoxy) is 1. The van der Waals surface area contributed by atoms with Gasteiger partial charge in [0, 0.05) is 12.5 Å². The summed E-state index contributed by atoms with van der Waals surface area (Å²) in [7, 11) is 1.20. The maximum Gasteiger partial charge on any atom is 0.340 e. The minimum atomic E-state index is -0.695. The van der Waals surface area contributed by atoms with Crippen LogP contribution in [0.3, 0.4) is 0 Å². The molecule has 0 saturated carbocycles. The average Bonchev–Trinajstić information content (AvgIpc) is 2.40. The molecular weight excluding hydrogens is 263 g/mol. The number of methoxy groups -OCH3 is 1. The van der Waals surface area contributed by atoms with Crippen molar-refractivity contribution in [3.05, 3.63) is 29.6 Å². The smallest absolute Gasteiger partial charge is 0.340 e. The Morgan fingerprint density at radius 2 is 2.10 bits per heavy atom. The number of nitrogens with one attached hydrogen (secondary N) is 2. The maximum absolute atomic E-state index is 13.2. The standard InChI is InChI=1S/C14H19FN2O3/c1-4-16-9(2)7-13(18)17-12-6-5-10(15)8-11(12)14(19)20-3/h5-6,8-9,16H,4,7H2,1-3H3,(H,17,18). The van der Waals surface area contributed by atoms with E-state index in [1.807, 2.05) is 13.8 Å². The van der Waals surface area contributed by atoms with E-state index in [1.54, 1.807) is 0 Å². The fraction of sp³-hybridized carbons (Fsp3) is 0.429. The molecule has 1 atom stereocenters. The molecule has 20 heavy (non-hydrogen) atoms. The van der Waals surface area contributed by atoms with Gasteiger partial charge in [-0.25, -0.2) is 9.18 Å². The number of esters is 1. The third kappa shape index (κ3) is 4.62. The molecule has 0 heterocycles. The number of hydrogen-bond acceptors (Lipinski definition) is 4. The average molecular weight is 282 g/mol. The molecule has 0 saturated heterocycles. The van der Waals surface area contributed by atoms with Gasteiger partial charge in [0.1, 0.15) is 5.82 Å². The Kier molecular flexibility index (Phi) is 6.11. The van der Waals surface area contributed by atoms with Crippen molar-refractivity contribution >= 4 is 17.6 Å². The Labute approximate surface area is 117 Å². The van der Waals surface area contributed by atoms with Gasteiger partial charge in [0.25, 0.3) is 0 Å². The van der Waals surface area contributed by atoms with Crippen molar-refractivity contribution in [1.82, 2.24) is 5.32 Å². The van der Waals surface area contributed by atoms with Crippen molar-refractivity contribution < 1.29 is 18.7 Å². The van der Waals surface area contributed by atoms with Crippen LogP contribution in [-0.2, 0) is 9.53 Å². The van der Waals surface area contributed by atoms with Crippen molar-refractivity contribution in [2.75, 3.05) is 19.0 Å². The Balaban J connectivity index is 2.81. The van der Waals surface area contributed by atoms with Gasteiger partial charge in [-0.2, -0.15) is 0 Å². The number of carbonyl (C=O) groups is 2. The summed E-state index contributed by atoms with van der Waals surface area (Å²) in [4.78, 5) is 23.4. The summed E-state index contributed by atoms with van der Waals surface area (Å²) in [5.41, 5.74) is 0.240. The van der Waals surface area contributed by atoms with Crippen molar-refractivity contribution in [3.8, 4) is 0 Å². The van der Waals surface area contributed by atoms with Crippen LogP contribution < -0.4 is 10.6 Å². The molecule has 5 nitrogen and oxygen atoms in total. The summed E-state index contributed by atoms with van der Waals surface area (Å²) in [5.74, 6) is -1.51. The Morgan fingerprint density at radius 3 is 2.70 bits per heavy atom. The normalized spacial score (nSPS) is 11.8. The van der Waals surface area contributed by atoms with Crippen LogP contribution in [0.2, 0.25) is 0 Å². The van der Waals surface area contributed by atoms with E-state index < -0.39 is 11.8 Å². The number of anilines is 1. The summed E-state index contributed by atoms with van der Waals surface area (Å²) in [6.45, 7) is 4.59. The first-order valence-electron chi connectivity index (χ1n) is 6.39. The van der Waals surface area contributed by atoms with E-state index in [4.69, 9.17) is 0 Å². The van der Waals surface area contributed by atoms with Crippen molar-refractivity contribution in [2.45, 2.75) is 26.3 Å². The Hall–Kier alpha value is -1.95. The highest BCUT2D eigenvalue weighted by Gasteiger charge is 2.16. The Bertz CT molecular complexity index is 491. The molecule has 0 aliphatic carbocycles. The van der Waals surface area contributed by atoms with Gasteiger partial charge in [-0.05, 0) is 31.7 Å². The molecule has 1 amide bonds. The van der Waals surface area contributed by atoms with Crippen molar-refractivity contribution in [3.63, 3.8) is 0 Å². The van der Waals surface area contributed by atoms with Crippen LogP contribution >= 0.6 is 0 Å². The molecule has 1 unspecified atom stereocenters. The van der Waals surface area contributed by atoms with Gasteiger partial charge in [0.05, 0.1) is 18.4 Å². The van der Waals surface area contributed by atoms with E-state index in [0.717, 1.165) is 12.6 Å². The number of benzene rings is 1. The molecule has 0 aliphatic heterocycles. The lowest BCUT2D eigenvalue weighted by Gasteiger charge is -2.13. The van der Waals surface area contributed by atoms with Gasteiger partial charge < -0.3 is 15.4 Å². The third-order valence-electron chi connectivity index (χ3n) is 2.71. The molecule has 1 rings (SSSR count). The molecule has 2 N–H and O–H groups in total. The number of carbonyl (C=O) groups excluding carboxylic acids is 2. The summed E-state index contributed by atoms with van der Waals surface area (Å²) in [6, 6.07) is 3.57. The predicted molar refractivity (Wildman–Crippen MR) is 74.1 cm³/mol. The monoisotopic (exact) mass is 282 g/mol. The van der Waals surface area contributed by atoms with E-state index in [2.05, 4.69) is 15.4 Å². The van der Waals surface area contributed by atoms with Gasteiger partial charge >= 0.3 is 5.97 Å². The van der Waals surface area contributed by atoms with E-state index in [0.29, 0.717) is 0 Å². The zero-order valence-electron chi connectivity index (χ0n) is 11.8. The van der Waals surface area contributed by atoms with Gasteiger partial charge in [-0.3, -0.25) is 4.79 Å². The second kappa shape index (κ2) is 7.59. The predicted octanol–water partition coefficient (Wildman–Crippen LogP) is 1.94. The highest BCUT2D eigenvalue weighted by atomic mass is 19.1. The molecule has 0 spiro atoms. The van der Waals surface area contributed by atoms with Crippen molar-refractivity contribution in [1.29, 1.82) is 0 Å². The zero-order chi connectivity index (χ0) is 15.1. The van der Waals surface area contributed by atoms with E-state index >= 15 is 0 Å². The van der Waals surface area contributed by atoms with E-state index in [9.17, 15) is 14.0 Å². The van der Waals surface area contributed by atoms with E-state index in [1.165, 1.54) is 19.2 Å². The second-order valence-corrected chi connectivity index (χ2v) is 4.39. The fourth-order valence-electron chi connectivity index (χ4n) is 1.80. The highest BCUT2D eigenvalue weighted by molar-refractivity contribution is 6.01. The number of rotatable bonds is 6. The molecular formula is C14H19FN2O3. The molecule has 0 radical (unpaired) electrons. The lowest BCUT2D eigenvalue weighted by Crippen LogP contribution is -2.30. The fourth-order valence-corrected chi connectivity index (χ4v) is 1.80. The molecule has 110 valence electrons. The molecule has 0 bridgehead atoms.